The van der Waals surface area contributed by atoms with Gasteiger partial charge in [-0.3, -0.25) is 0 Å². The molecule has 0 heterocycles. The summed E-state index contributed by atoms with van der Waals surface area (Å²) >= 11 is 0. The van der Waals surface area contributed by atoms with Crippen molar-refractivity contribution in [3.8, 4) is 6.07 Å². The van der Waals surface area contributed by atoms with E-state index in [1.54, 1.807) is 13.0 Å². The van der Waals surface area contributed by atoms with Crippen LogP contribution in [0.5, 0.6) is 0 Å². The molecule has 1 rings (SSSR count). The lowest BCUT2D eigenvalue weighted by atomic mass is 10.2. The van der Waals surface area contributed by atoms with Gasteiger partial charge in [-0.15, -0.1) is 12.3 Å². The second-order valence-electron chi connectivity index (χ2n) is 7.83. The molecule has 0 unspecified atom stereocenters. The SMILES string of the molecule is C=C(C)C(=O)OC.C=CC(=O)OCCCC.C=C[Si](C)(C)C.N#CC=CC=Cc1ccccc1. The maximum absolute atomic E-state index is 10.3. The Morgan fingerprint density at radius 2 is 1.68 bits per heavy atom. The molecule has 0 N–H and O–H groups in total. The fourth-order valence-corrected chi connectivity index (χ4v) is 1.38. The van der Waals surface area contributed by atoms with Gasteiger partial charge in [0.1, 0.15) is 0 Å². The molecule has 5 nitrogen and oxygen atoms in total. The number of hydrogen-bond donors (Lipinski definition) is 0. The largest absolute Gasteiger partial charge is 0.466 e. The Morgan fingerprint density at radius 3 is 2.03 bits per heavy atom. The molecule has 0 amide bonds. The molecule has 1 aromatic rings. The number of methoxy groups -OCH3 is 1. The van der Waals surface area contributed by atoms with Crippen molar-refractivity contribution in [2.75, 3.05) is 13.7 Å². The van der Waals surface area contributed by atoms with E-state index in [-0.39, 0.29) is 11.9 Å². The Balaban J connectivity index is -0.000000393. The lowest BCUT2D eigenvalue weighted by molar-refractivity contribution is -0.138. The molecule has 0 atom stereocenters. The van der Waals surface area contributed by atoms with E-state index >= 15 is 0 Å². The summed E-state index contributed by atoms with van der Waals surface area (Å²) in [6, 6.07) is 11.9. The van der Waals surface area contributed by atoms with Crippen LogP contribution in [0, 0.1) is 11.3 Å². The van der Waals surface area contributed by atoms with Crippen LogP contribution in [-0.2, 0) is 19.1 Å². The second-order valence-corrected chi connectivity index (χ2v) is 13.0. The van der Waals surface area contributed by atoms with Gasteiger partial charge in [0.05, 0.1) is 27.9 Å². The number of rotatable bonds is 8. The molecule has 34 heavy (non-hydrogen) atoms. The minimum atomic E-state index is -0.867. The molecule has 0 aromatic heterocycles. The fraction of sp³-hybridized carbons (Fsp3) is 0.321. The van der Waals surface area contributed by atoms with Crippen molar-refractivity contribution < 1.29 is 19.1 Å². The number of carbonyl (C=O) groups excluding carboxylic acids is 2. The predicted octanol–water partition coefficient (Wildman–Crippen LogP) is 7.08. The summed E-state index contributed by atoms with van der Waals surface area (Å²) in [7, 11) is 0.463. The predicted molar refractivity (Wildman–Crippen MR) is 147 cm³/mol. The minimum absolute atomic E-state index is 0.330. The summed E-state index contributed by atoms with van der Waals surface area (Å²) in [6.45, 7) is 21.3. The highest BCUT2D eigenvalue weighted by molar-refractivity contribution is 6.80. The van der Waals surface area contributed by atoms with E-state index in [0.717, 1.165) is 18.4 Å². The molecule has 0 aliphatic carbocycles. The average Bonchev–Trinajstić information content (AvgIpc) is 2.82. The van der Waals surface area contributed by atoms with E-state index in [4.69, 9.17) is 5.26 Å². The molecule has 0 spiro atoms. The summed E-state index contributed by atoms with van der Waals surface area (Å²) in [6.07, 6.45) is 10.1. The number of nitriles is 1. The van der Waals surface area contributed by atoms with Crippen LogP contribution in [-0.4, -0.2) is 33.7 Å². The molecule has 0 aliphatic heterocycles. The first kappa shape index (κ1) is 35.2. The number of allylic oxidation sites excluding steroid dienone is 3. The maximum atomic E-state index is 10.3. The Morgan fingerprint density at radius 1 is 1.12 bits per heavy atom. The molecule has 0 bridgehead atoms. The zero-order valence-electron chi connectivity index (χ0n) is 21.7. The lowest BCUT2D eigenvalue weighted by Crippen LogP contribution is -2.14. The van der Waals surface area contributed by atoms with E-state index in [9.17, 15) is 9.59 Å². The molecular formula is C28H41NO4Si. The Kier molecular flexibility index (Phi) is 25.0. The van der Waals surface area contributed by atoms with Gasteiger partial charge in [0.2, 0.25) is 0 Å². The van der Waals surface area contributed by atoms with E-state index in [1.165, 1.54) is 19.3 Å². The van der Waals surface area contributed by atoms with Gasteiger partial charge in [0, 0.05) is 17.7 Å². The quantitative estimate of drug-likeness (QED) is 0.0986. The van der Waals surface area contributed by atoms with Crippen molar-refractivity contribution in [2.45, 2.75) is 46.3 Å². The van der Waals surface area contributed by atoms with Crippen LogP contribution in [0.4, 0.5) is 0 Å². The normalized spacial score (nSPS) is 9.56. The third-order valence-corrected chi connectivity index (χ3v) is 4.65. The van der Waals surface area contributed by atoms with Crippen molar-refractivity contribution in [1.29, 1.82) is 5.26 Å². The minimum Gasteiger partial charge on any atom is -0.466 e. The smallest absolute Gasteiger partial charge is 0.332 e. The molecular weight excluding hydrogens is 442 g/mol. The van der Waals surface area contributed by atoms with Crippen molar-refractivity contribution in [3.63, 3.8) is 0 Å². The zero-order chi connectivity index (χ0) is 26.8. The van der Waals surface area contributed by atoms with Crippen LogP contribution < -0.4 is 0 Å². The van der Waals surface area contributed by atoms with Crippen LogP contribution in [0.2, 0.25) is 19.6 Å². The van der Waals surface area contributed by atoms with E-state index < -0.39 is 8.07 Å². The maximum Gasteiger partial charge on any atom is 0.332 e. The second kappa shape index (κ2) is 24.2. The third-order valence-electron chi connectivity index (χ3n) is 3.43. The van der Waals surface area contributed by atoms with Crippen molar-refractivity contribution in [1.82, 2.24) is 0 Å². The van der Waals surface area contributed by atoms with Crippen LogP contribution in [0.15, 0.2) is 85.6 Å². The molecule has 0 fully saturated rings. The van der Waals surface area contributed by atoms with Gasteiger partial charge in [-0.1, -0.05) is 94.7 Å². The van der Waals surface area contributed by atoms with E-state index in [2.05, 4.69) is 54.6 Å². The standard InChI is InChI=1S/C11H9N.C7H12O2.C5H8O2.C5H12Si/c12-10-6-2-5-9-11-7-3-1-4-8-11;1-3-5-6-9-7(8)4-2;1-4(2)5(6)7-3;1-5-6(2,3)4/h1-9H;4H,2-3,5-6H2,1H3;1H2,2-3H3;5H,1H2,2-4H3. The number of unbranched alkanes of at least 4 members (excludes halogenated alkanes) is 1. The van der Waals surface area contributed by atoms with Gasteiger partial charge in [0.25, 0.3) is 0 Å². The van der Waals surface area contributed by atoms with E-state index in [1.807, 2.05) is 55.5 Å². The third kappa shape index (κ3) is 30.8. The summed E-state index contributed by atoms with van der Waals surface area (Å²) < 4.78 is 8.95. The Bertz CT molecular complexity index is 813. The number of benzene rings is 1. The molecule has 186 valence electrons. The van der Waals surface area contributed by atoms with Crippen molar-refractivity contribution >= 4 is 26.1 Å². The molecule has 0 saturated heterocycles. The average molecular weight is 484 g/mol. The fourth-order valence-electron chi connectivity index (χ4n) is 1.38. The Hall–Kier alpha value is -3.43. The Labute approximate surface area is 207 Å². The van der Waals surface area contributed by atoms with Gasteiger partial charge in [-0.05, 0) is 18.9 Å². The van der Waals surface area contributed by atoms with Crippen LogP contribution in [0.25, 0.3) is 6.08 Å². The molecule has 1 aromatic carbocycles. The van der Waals surface area contributed by atoms with Gasteiger partial charge in [-0.2, -0.15) is 5.26 Å². The van der Waals surface area contributed by atoms with Crippen molar-refractivity contribution in [3.05, 3.63) is 91.2 Å². The number of ether oxygens (including phenoxy) is 2. The number of hydrogen-bond acceptors (Lipinski definition) is 5. The summed E-state index contributed by atoms with van der Waals surface area (Å²) in [4.78, 5) is 20.5. The number of esters is 2. The van der Waals surface area contributed by atoms with Crippen LogP contribution in [0.3, 0.4) is 0 Å². The molecule has 6 heteroatoms. The highest BCUT2D eigenvalue weighted by atomic mass is 28.3. The zero-order valence-corrected chi connectivity index (χ0v) is 22.7. The molecule has 0 aliphatic rings. The summed E-state index contributed by atoms with van der Waals surface area (Å²) in [5.41, 5.74) is 3.65. The first-order chi connectivity index (χ1) is 16.0. The van der Waals surface area contributed by atoms with Gasteiger partial charge in [-0.25, -0.2) is 9.59 Å². The molecule has 0 saturated carbocycles. The van der Waals surface area contributed by atoms with Gasteiger partial charge >= 0.3 is 11.9 Å². The van der Waals surface area contributed by atoms with Crippen molar-refractivity contribution in [2.24, 2.45) is 0 Å². The van der Waals surface area contributed by atoms with Crippen LogP contribution >= 0.6 is 0 Å². The van der Waals surface area contributed by atoms with Crippen LogP contribution in [0.1, 0.15) is 32.3 Å². The highest BCUT2D eigenvalue weighted by Gasteiger charge is 2.03. The molecule has 0 radical (unpaired) electrons. The van der Waals surface area contributed by atoms with Gasteiger partial charge < -0.3 is 9.47 Å². The first-order valence-corrected chi connectivity index (χ1v) is 14.5. The van der Waals surface area contributed by atoms with Gasteiger partial charge in [0.15, 0.2) is 0 Å². The monoisotopic (exact) mass is 483 g/mol. The lowest BCUT2D eigenvalue weighted by Gasteiger charge is -2.04. The number of carbonyl (C=O) groups is 2. The topological polar surface area (TPSA) is 76.4 Å². The number of nitrogens with zero attached hydrogens (tertiary/aromatic N) is 1. The highest BCUT2D eigenvalue weighted by Crippen LogP contribution is 2.00. The summed E-state index contributed by atoms with van der Waals surface area (Å²) in [5, 5.41) is 8.19. The summed E-state index contributed by atoms with van der Waals surface area (Å²) in [5.74, 6) is -0.677. The first-order valence-electron chi connectivity index (χ1n) is 10.9. The van der Waals surface area contributed by atoms with E-state index in [0.29, 0.717) is 12.2 Å².